The molecule has 1 amide bonds. The van der Waals surface area contributed by atoms with Crippen LogP contribution in [0.3, 0.4) is 0 Å². The molecule has 0 aliphatic rings. The van der Waals surface area contributed by atoms with Gasteiger partial charge in [-0.3, -0.25) is 14.5 Å². The molecule has 28 heavy (non-hydrogen) atoms. The van der Waals surface area contributed by atoms with Gasteiger partial charge < -0.3 is 10.3 Å². The minimum Gasteiger partial charge on any atom is -0.348 e. The number of carbonyl (C=O) groups is 1. The Hall–Kier alpha value is -2.51. The smallest absolute Gasteiger partial charge is 0.258 e. The molecule has 1 aromatic carbocycles. The van der Waals surface area contributed by atoms with Crippen LogP contribution in [0.25, 0.3) is 10.9 Å². The van der Waals surface area contributed by atoms with E-state index in [1.165, 1.54) is 0 Å². The SMILES string of the molecule is CCC(C)N(CC(=O)NC(C)c1cccs1)Cc1nc2ccccc2c(=O)[nH]1. The number of hydrogen-bond acceptors (Lipinski definition) is 5. The Kier molecular flexibility index (Phi) is 6.59. The lowest BCUT2D eigenvalue weighted by atomic mass is 10.2. The molecule has 2 atom stereocenters. The lowest BCUT2D eigenvalue weighted by molar-refractivity contribution is -0.123. The van der Waals surface area contributed by atoms with Crippen LogP contribution in [-0.2, 0) is 11.3 Å². The third-order valence-electron chi connectivity index (χ3n) is 4.92. The van der Waals surface area contributed by atoms with E-state index in [0.717, 1.165) is 11.3 Å². The molecule has 2 unspecified atom stereocenters. The van der Waals surface area contributed by atoms with Gasteiger partial charge in [0.1, 0.15) is 5.82 Å². The van der Waals surface area contributed by atoms with Gasteiger partial charge in [0.25, 0.3) is 5.56 Å². The van der Waals surface area contributed by atoms with E-state index in [-0.39, 0.29) is 30.1 Å². The molecule has 2 aromatic heterocycles. The number of aromatic nitrogens is 2. The zero-order chi connectivity index (χ0) is 20.1. The van der Waals surface area contributed by atoms with Crippen LogP contribution in [0.2, 0.25) is 0 Å². The maximum Gasteiger partial charge on any atom is 0.258 e. The van der Waals surface area contributed by atoms with Gasteiger partial charge in [0.15, 0.2) is 0 Å². The number of rotatable bonds is 8. The van der Waals surface area contributed by atoms with Crippen molar-refractivity contribution in [1.29, 1.82) is 0 Å². The molecular formula is C21H26N4O2S. The van der Waals surface area contributed by atoms with Gasteiger partial charge in [-0.1, -0.05) is 25.1 Å². The normalized spacial score (nSPS) is 13.6. The maximum absolute atomic E-state index is 12.6. The zero-order valence-electron chi connectivity index (χ0n) is 16.4. The molecule has 3 aromatic rings. The predicted molar refractivity (Wildman–Crippen MR) is 113 cm³/mol. The van der Waals surface area contributed by atoms with Gasteiger partial charge in [-0.2, -0.15) is 0 Å². The van der Waals surface area contributed by atoms with Crippen LogP contribution in [0.1, 0.15) is 43.9 Å². The first-order chi connectivity index (χ1) is 13.5. The summed E-state index contributed by atoms with van der Waals surface area (Å²) >= 11 is 1.63. The predicted octanol–water partition coefficient (Wildman–Crippen LogP) is 3.46. The number of aromatic amines is 1. The van der Waals surface area contributed by atoms with Gasteiger partial charge in [-0.05, 0) is 43.8 Å². The van der Waals surface area contributed by atoms with Gasteiger partial charge in [0.2, 0.25) is 5.91 Å². The Labute approximate surface area is 168 Å². The lowest BCUT2D eigenvalue weighted by Gasteiger charge is -2.27. The summed E-state index contributed by atoms with van der Waals surface area (Å²) in [6.45, 7) is 6.81. The first-order valence-electron chi connectivity index (χ1n) is 9.52. The number of fused-ring (bicyclic) bond motifs is 1. The topological polar surface area (TPSA) is 78.1 Å². The molecule has 7 heteroatoms. The highest BCUT2D eigenvalue weighted by Gasteiger charge is 2.19. The van der Waals surface area contributed by atoms with Crippen molar-refractivity contribution >= 4 is 28.1 Å². The van der Waals surface area contributed by atoms with Crippen LogP contribution in [0.4, 0.5) is 0 Å². The highest BCUT2D eigenvalue weighted by atomic mass is 32.1. The Morgan fingerprint density at radius 2 is 2.04 bits per heavy atom. The number of thiophene rings is 1. The first-order valence-corrected chi connectivity index (χ1v) is 10.4. The summed E-state index contributed by atoms with van der Waals surface area (Å²) in [5, 5.41) is 5.63. The van der Waals surface area contributed by atoms with Gasteiger partial charge in [-0.25, -0.2) is 4.98 Å². The monoisotopic (exact) mass is 398 g/mol. The molecule has 2 heterocycles. The Morgan fingerprint density at radius 3 is 2.75 bits per heavy atom. The summed E-state index contributed by atoms with van der Waals surface area (Å²) in [6, 6.07) is 11.4. The molecular weight excluding hydrogens is 372 g/mol. The number of nitrogens with zero attached hydrogens (tertiary/aromatic N) is 2. The van der Waals surface area contributed by atoms with Crippen molar-refractivity contribution in [3.05, 3.63) is 62.8 Å². The maximum atomic E-state index is 12.6. The molecule has 2 N–H and O–H groups in total. The standard InChI is InChI=1S/C21H26N4O2S/c1-4-14(2)25(13-20(26)22-15(3)18-10-7-11-28-18)12-19-23-17-9-6-5-8-16(17)21(27)24-19/h5-11,14-15H,4,12-13H2,1-3H3,(H,22,26)(H,23,24,27). The largest absolute Gasteiger partial charge is 0.348 e. The molecule has 0 fully saturated rings. The third-order valence-corrected chi connectivity index (χ3v) is 5.98. The van der Waals surface area contributed by atoms with Crippen molar-refractivity contribution in [1.82, 2.24) is 20.2 Å². The van der Waals surface area contributed by atoms with Crippen LogP contribution >= 0.6 is 11.3 Å². The summed E-state index contributed by atoms with van der Waals surface area (Å²) in [5.41, 5.74) is 0.515. The second kappa shape index (κ2) is 9.12. The summed E-state index contributed by atoms with van der Waals surface area (Å²) in [7, 11) is 0. The lowest BCUT2D eigenvalue weighted by Crippen LogP contribution is -2.42. The number of benzene rings is 1. The van der Waals surface area contributed by atoms with Gasteiger partial charge in [0.05, 0.1) is 30.0 Å². The Bertz CT molecular complexity index is 983. The summed E-state index contributed by atoms with van der Waals surface area (Å²) in [5.74, 6) is 0.535. The fraction of sp³-hybridized carbons (Fsp3) is 0.381. The number of nitrogens with one attached hydrogen (secondary N) is 2. The molecule has 0 aliphatic carbocycles. The number of para-hydroxylation sites is 1. The fourth-order valence-corrected chi connectivity index (χ4v) is 3.84. The Balaban J connectivity index is 1.73. The van der Waals surface area contributed by atoms with Crippen molar-refractivity contribution in [2.24, 2.45) is 0 Å². The number of amides is 1. The van der Waals surface area contributed by atoms with Gasteiger partial charge in [-0.15, -0.1) is 11.3 Å². The molecule has 0 aliphatic heterocycles. The number of hydrogen-bond donors (Lipinski definition) is 2. The summed E-state index contributed by atoms with van der Waals surface area (Å²) in [4.78, 5) is 35.5. The first kappa shape index (κ1) is 20.2. The van der Waals surface area contributed by atoms with E-state index >= 15 is 0 Å². The van der Waals surface area contributed by atoms with E-state index in [9.17, 15) is 9.59 Å². The van der Waals surface area contributed by atoms with Crippen LogP contribution in [0.15, 0.2) is 46.6 Å². The van der Waals surface area contributed by atoms with Crippen molar-refractivity contribution in [2.45, 2.75) is 45.8 Å². The third kappa shape index (κ3) is 4.85. The Morgan fingerprint density at radius 1 is 1.25 bits per heavy atom. The van der Waals surface area contributed by atoms with E-state index in [4.69, 9.17) is 0 Å². The van der Waals surface area contributed by atoms with Gasteiger partial charge >= 0.3 is 0 Å². The number of carbonyl (C=O) groups excluding carboxylic acids is 1. The molecule has 148 valence electrons. The van der Waals surface area contributed by atoms with Crippen LogP contribution < -0.4 is 10.9 Å². The minimum atomic E-state index is -0.152. The van der Waals surface area contributed by atoms with Crippen molar-refractivity contribution < 1.29 is 4.79 Å². The molecule has 0 bridgehead atoms. The van der Waals surface area contributed by atoms with Crippen molar-refractivity contribution in [3.63, 3.8) is 0 Å². The van der Waals surface area contributed by atoms with E-state index < -0.39 is 0 Å². The quantitative estimate of drug-likeness (QED) is 0.609. The molecule has 6 nitrogen and oxygen atoms in total. The van der Waals surface area contributed by atoms with Crippen LogP contribution in [0, 0.1) is 0 Å². The van der Waals surface area contributed by atoms with E-state index in [1.54, 1.807) is 17.4 Å². The van der Waals surface area contributed by atoms with Crippen LogP contribution in [-0.4, -0.2) is 33.4 Å². The molecule has 0 saturated heterocycles. The highest BCUT2D eigenvalue weighted by Crippen LogP contribution is 2.18. The molecule has 3 rings (SSSR count). The molecule has 0 spiro atoms. The summed E-state index contributed by atoms with van der Waals surface area (Å²) in [6.07, 6.45) is 0.894. The average Bonchev–Trinajstić information content (AvgIpc) is 3.22. The van der Waals surface area contributed by atoms with E-state index in [0.29, 0.717) is 23.3 Å². The van der Waals surface area contributed by atoms with E-state index in [1.807, 2.05) is 47.5 Å². The number of H-pyrrole nitrogens is 1. The fourth-order valence-electron chi connectivity index (χ4n) is 3.11. The molecule has 0 radical (unpaired) electrons. The zero-order valence-corrected chi connectivity index (χ0v) is 17.3. The van der Waals surface area contributed by atoms with E-state index in [2.05, 4.69) is 29.1 Å². The second-order valence-corrected chi connectivity index (χ2v) is 7.98. The molecule has 0 saturated carbocycles. The highest BCUT2D eigenvalue weighted by molar-refractivity contribution is 7.10. The van der Waals surface area contributed by atoms with Crippen molar-refractivity contribution in [3.8, 4) is 0 Å². The van der Waals surface area contributed by atoms with Crippen molar-refractivity contribution in [2.75, 3.05) is 6.54 Å². The summed E-state index contributed by atoms with van der Waals surface area (Å²) < 4.78 is 0. The van der Waals surface area contributed by atoms with Crippen LogP contribution in [0.5, 0.6) is 0 Å². The minimum absolute atomic E-state index is 0.0233. The van der Waals surface area contributed by atoms with Gasteiger partial charge in [0, 0.05) is 10.9 Å². The second-order valence-electron chi connectivity index (χ2n) is 7.00. The average molecular weight is 399 g/mol.